The van der Waals surface area contributed by atoms with Gasteiger partial charge in [-0.3, -0.25) is 4.98 Å². The number of pyridine rings is 1. The van der Waals surface area contributed by atoms with E-state index in [1.807, 2.05) is 6.20 Å². The normalized spacial score (nSPS) is 14.8. The van der Waals surface area contributed by atoms with E-state index in [-0.39, 0.29) is 0 Å². The van der Waals surface area contributed by atoms with E-state index in [2.05, 4.69) is 57.1 Å². The van der Waals surface area contributed by atoms with Crippen molar-refractivity contribution in [1.29, 1.82) is 0 Å². The minimum atomic E-state index is 0.453. The second-order valence-electron chi connectivity index (χ2n) is 5.77. The van der Waals surface area contributed by atoms with Crippen LogP contribution in [0, 0.1) is 18.8 Å². The van der Waals surface area contributed by atoms with Crippen molar-refractivity contribution < 1.29 is 0 Å². The standard InChI is InChI=1S/C16H28N2/c1-6-8-18-16(13(4)10-12(2)3)15-7-9-17-14(5)11-15/h7,9,11-13,16,18H,6,8,10H2,1-5H3. The zero-order valence-electron chi connectivity index (χ0n) is 12.5. The maximum Gasteiger partial charge on any atom is 0.0375 e. The van der Waals surface area contributed by atoms with Crippen LogP contribution in [0.25, 0.3) is 0 Å². The van der Waals surface area contributed by atoms with E-state index in [0.717, 1.165) is 18.2 Å². The smallest absolute Gasteiger partial charge is 0.0375 e. The van der Waals surface area contributed by atoms with Gasteiger partial charge in [0, 0.05) is 17.9 Å². The lowest BCUT2D eigenvalue weighted by molar-refractivity contribution is 0.328. The van der Waals surface area contributed by atoms with Crippen LogP contribution >= 0.6 is 0 Å². The van der Waals surface area contributed by atoms with Gasteiger partial charge in [-0.2, -0.15) is 0 Å². The molecule has 0 aliphatic rings. The van der Waals surface area contributed by atoms with Gasteiger partial charge in [0.05, 0.1) is 0 Å². The quantitative estimate of drug-likeness (QED) is 0.785. The largest absolute Gasteiger partial charge is 0.310 e. The van der Waals surface area contributed by atoms with E-state index in [4.69, 9.17) is 0 Å². The Morgan fingerprint density at radius 2 is 2.00 bits per heavy atom. The molecule has 0 aliphatic carbocycles. The first-order chi connectivity index (χ1) is 8.54. The van der Waals surface area contributed by atoms with Crippen LogP contribution in [0.4, 0.5) is 0 Å². The van der Waals surface area contributed by atoms with E-state index in [9.17, 15) is 0 Å². The number of hydrogen-bond donors (Lipinski definition) is 1. The third-order valence-corrected chi connectivity index (χ3v) is 3.31. The maximum atomic E-state index is 4.30. The first-order valence-electron chi connectivity index (χ1n) is 7.20. The van der Waals surface area contributed by atoms with Crippen LogP contribution in [-0.4, -0.2) is 11.5 Å². The summed E-state index contributed by atoms with van der Waals surface area (Å²) in [6.45, 7) is 12.3. The summed E-state index contributed by atoms with van der Waals surface area (Å²) >= 11 is 0. The molecule has 1 N–H and O–H groups in total. The minimum Gasteiger partial charge on any atom is -0.310 e. The van der Waals surface area contributed by atoms with E-state index < -0.39 is 0 Å². The van der Waals surface area contributed by atoms with Crippen molar-refractivity contribution in [2.75, 3.05) is 6.54 Å². The average molecular weight is 248 g/mol. The van der Waals surface area contributed by atoms with Crippen LogP contribution in [-0.2, 0) is 0 Å². The molecule has 1 heterocycles. The molecule has 0 aliphatic heterocycles. The Morgan fingerprint density at radius 3 is 2.56 bits per heavy atom. The zero-order chi connectivity index (χ0) is 13.5. The second-order valence-corrected chi connectivity index (χ2v) is 5.77. The van der Waals surface area contributed by atoms with Crippen molar-refractivity contribution in [1.82, 2.24) is 10.3 Å². The Morgan fingerprint density at radius 1 is 1.28 bits per heavy atom. The number of aryl methyl sites for hydroxylation is 1. The molecule has 0 amide bonds. The molecule has 0 saturated carbocycles. The van der Waals surface area contributed by atoms with E-state index in [1.165, 1.54) is 18.4 Å². The fourth-order valence-electron chi connectivity index (χ4n) is 2.59. The molecule has 0 fully saturated rings. The Balaban J connectivity index is 2.83. The highest BCUT2D eigenvalue weighted by molar-refractivity contribution is 5.20. The van der Waals surface area contributed by atoms with Gasteiger partial charge in [0.2, 0.25) is 0 Å². The first-order valence-corrected chi connectivity index (χ1v) is 7.20. The molecule has 0 bridgehead atoms. The minimum absolute atomic E-state index is 0.453. The van der Waals surface area contributed by atoms with Crippen LogP contribution in [0.2, 0.25) is 0 Å². The molecule has 1 rings (SSSR count). The SMILES string of the molecule is CCCNC(c1ccnc(C)c1)C(C)CC(C)C. The third-order valence-electron chi connectivity index (χ3n) is 3.31. The third kappa shape index (κ3) is 4.77. The van der Waals surface area contributed by atoms with E-state index in [1.54, 1.807) is 0 Å². The Bertz CT molecular complexity index is 347. The lowest BCUT2D eigenvalue weighted by atomic mass is 9.88. The first kappa shape index (κ1) is 15.2. The molecule has 1 aromatic heterocycles. The topological polar surface area (TPSA) is 24.9 Å². The molecule has 0 saturated heterocycles. The summed E-state index contributed by atoms with van der Waals surface area (Å²) in [5, 5.41) is 3.69. The fraction of sp³-hybridized carbons (Fsp3) is 0.688. The predicted octanol–water partition coefficient (Wildman–Crippen LogP) is 4.11. The highest BCUT2D eigenvalue weighted by Gasteiger charge is 2.19. The summed E-state index contributed by atoms with van der Waals surface area (Å²) in [7, 11) is 0. The fourth-order valence-corrected chi connectivity index (χ4v) is 2.59. The molecular formula is C16H28N2. The van der Waals surface area contributed by atoms with Crippen molar-refractivity contribution in [2.45, 2.75) is 53.5 Å². The highest BCUT2D eigenvalue weighted by atomic mass is 14.9. The molecule has 2 heteroatoms. The van der Waals surface area contributed by atoms with Crippen LogP contribution in [0.3, 0.4) is 0 Å². The number of nitrogens with one attached hydrogen (secondary N) is 1. The lowest BCUT2D eigenvalue weighted by Gasteiger charge is -2.27. The van der Waals surface area contributed by atoms with Gasteiger partial charge < -0.3 is 5.32 Å². The maximum absolute atomic E-state index is 4.30. The number of nitrogens with zero attached hydrogens (tertiary/aromatic N) is 1. The lowest BCUT2D eigenvalue weighted by Crippen LogP contribution is -2.28. The molecule has 0 spiro atoms. The average Bonchev–Trinajstić information content (AvgIpc) is 2.28. The van der Waals surface area contributed by atoms with Crippen molar-refractivity contribution in [3.05, 3.63) is 29.6 Å². The molecule has 2 unspecified atom stereocenters. The van der Waals surface area contributed by atoms with Gasteiger partial charge in [-0.05, 0) is 55.8 Å². The summed E-state index contributed by atoms with van der Waals surface area (Å²) in [4.78, 5) is 4.30. The van der Waals surface area contributed by atoms with Crippen molar-refractivity contribution in [3.8, 4) is 0 Å². The van der Waals surface area contributed by atoms with Gasteiger partial charge in [-0.25, -0.2) is 0 Å². The van der Waals surface area contributed by atoms with Crippen molar-refractivity contribution in [2.24, 2.45) is 11.8 Å². The second kappa shape index (κ2) is 7.52. The summed E-state index contributed by atoms with van der Waals surface area (Å²) < 4.78 is 0. The highest BCUT2D eigenvalue weighted by Crippen LogP contribution is 2.27. The molecular weight excluding hydrogens is 220 g/mol. The van der Waals surface area contributed by atoms with Crippen molar-refractivity contribution >= 4 is 0 Å². The van der Waals surface area contributed by atoms with Crippen LogP contribution in [0.1, 0.15) is 57.8 Å². The summed E-state index contributed by atoms with van der Waals surface area (Å²) in [6.07, 6.45) is 4.35. The van der Waals surface area contributed by atoms with Crippen LogP contribution < -0.4 is 5.32 Å². The number of aromatic nitrogens is 1. The monoisotopic (exact) mass is 248 g/mol. The van der Waals surface area contributed by atoms with Gasteiger partial charge in [-0.1, -0.05) is 27.7 Å². The van der Waals surface area contributed by atoms with E-state index >= 15 is 0 Å². The summed E-state index contributed by atoms with van der Waals surface area (Å²) in [5.74, 6) is 1.40. The molecule has 0 aromatic carbocycles. The predicted molar refractivity (Wildman–Crippen MR) is 78.6 cm³/mol. The molecule has 18 heavy (non-hydrogen) atoms. The van der Waals surface area contributed by atoms with Crippen molar-refractivity contribution in [3.63, 3.8) is 0 Å². The van der Waals surface area contributed by atoms with E-state index in [0.29, 0.717) is 12.0 Å². The molecule has 102 valence electrons. The van der Waals surface area contributed by atoms with Gasteiger partial charge in [0.25, 0.3) is 0 Å². The molecule has 0 radical (unpaired) electrons. The summed E-state index contributed by atoms with van der Waals surface area (Å²) in [6, 6.07) is 4.82. The van der Waals surface area contributed by atoms with Gasteiger partial charge in [0.1, 0.15) is 0 Å². The van der Waals surface area contributed by atoms with Gasteiger partial charge in [-0.15, -0.1) is 0 Å². The molecule has 2 nitrogen and oxygen atoms in total. The number of hydrogen-bond acceptors (Lipinski definition) is 2. The Hall–Kier alpha value is -0.890. The molecule has 1 aromatic rings. The number of rotatable bonds is 7. The van der Waals surface area contributed by atoms with Crippen LogP contribution in [0.5, 0.6) is 0 Å². The van der Waals surface area contributed by atoms with Gasteiger partial charge in [0.15, 0.2) is 0 Å². The zero-order valence-corrected chi connectivity index (χ0v) is 12.5. The molecule has 2 atom stereocenters. The summed E-state index contributed by atoms with van der Waals surface area (Å²) in [5.41, 5.74) is 2.48. The Labute approximate surface area is 112 Å². The van der Waals surface area contributed by atoms with Gasteiger partial charge >= 0.3 is 0 Å². The van der Waals surface area contributed by atoms with Crippen LogP contribution in [0.15, 0.2) is 18.3 Å². The Kier molecular flexibility index (Phi) is 6.34.